The molecule has 0 spiro atoms. The smallest absolute Gasteiger partial charge is 0.119 e. The van der Waals surface area contributed by atoms with Crippen LogP contribution in [0, 0.1) is 5.92 Å². The Bertz CT molecular complexity index is 290. The van der Waals surface area contributed by atoms with Crippen molar-refractivity contribution in [1.29, 1.82) is 0 Å². The Balaban J connectivity index is 1.75. The third-order valence-electron chi connectivity index (χ3n) is 2.69. The van der Waals surface area contributed by atoms with Crippen LogP contribution in [0.15, 0.2) is 24.3 Å². The van der Waals surface area contributed by atoms with Crippen molar-refractivity contribution in [3.05, 3.63) is 29.8 Å². The summed E-state index contributed by atoms with van der Waals surface area (Å²) in [5.41, 5.74) is 1.33. The summed E-state index contributed by atoms with van der Waals surface area (Å²) >= 11 is 0. The highest BCUT2D eigenvalue weighted by molar-refractivity contribution is 5.27. The SMILES string of the molecule is CCOc1ccc(CNCC2CC2)cc1. The highest BCUT2D eigenvalue weighted by Crippen LogP contribution is 2.27. The molecule has 1 aliphatic rings. The Kier molecular flexibility index (Phi) is 3.62. The van der Waals surface area contributed by atoms with E-state index in [2.05, 4.69) is 17.4 Å². The summed E-state index contributed by atoms with van der Waals surface area (Å²) in [5, 5.41) is 3.47. The van der Waals surface area contributed by atoms with Crippen LogP contribution in [-0.4, -0.2) is 13.2 Å². The fourth-order valence-corrected chi connectivity index (χ4v) is 1.61. The standard InChI is InChI=1S/C13H19NO/c1-2-15-13-7-5-12(6-8-13)10-14-9-11-3-4-11/h5-8,11,14H,2-4,9-10H2,1H3. The summed E-state index contributed by atoms with van der Waals surface area (Å²) < 4.78 is 5.39. The second kappa shape index (κ2) is 5.17. The van der Waals surface area contributed by atoms with Gasteiger partial charge in [0.1, 0.15) is 5.75 Å². The number of nitrogens with one attached hydrogen (secondary N) is 1. The van der Waals surface area contributed by atoms with Crippen LogP contribution in [0.3, 0.4) is 0 Å². The molecule has 0 aromatic heterocycles. The van der Waals surface area contributed by atoms with Crippen LogP contribution in [0.5, 0.6) is 5.75 Å². The molecule has 2 rings (SSSR count). The summed E-state index contributed by atoms with van der Waals surface area (Å²) in [6.45, 7) is 4.89. The summed E-state index contributed by atoms with van der Waals surface area (Å²) in [6.07, 6.45) is 2.83. The molecule has 0 amide bonds. The highest BCUT2D eigenvalue weighted by atomic mass is 16.5. The Morgan fingerprint density at radius 2 is 2.00 bits per heavy atom. The number of hydrogen-bond acceptors (Lipinski definition) is 2. The van der Waals surface area contributed by atoms with E-state index in [0.717, 1.165) is 24.8 Å². The fourth-order valence-electron chi connectivity index (χ4n) is 1.61. The largest absolute Gasteiger partial charge is 0.494 e. The van der Waals surface area contributed by atoms with Gasteiger partial charge in [-0.05, 0) is 49.9 Å². The molecule has 1 saturated carbocycles. The van der Waals surface area contributed by atoms with Gasteiger partial charge in [0.15, 0.2) is 0 Å². The lowest BCUT2D eigenvalue weighted by Gasteiger charge is -2.06. The first-order chi connectivity index (χ1) is 7.38. The van der Waals surface area contributed by atoms with E-state index in [9.17, 15) is 0 Å². The molecule has 0 radical (unpaired) electrons. The Morgan fingerprint density at radius 3 is 2.60 bits per heavy atom. The molecule has 1 fully saturated rings. The van der Waals surface area contributed by atoms with E-state index < -0.39 is 0 Å². The molecule has 2 heteroatoms. The van der Waals surface area contributed by atoms with E-state index in [-0.39, 0.29) is 0 Å². The average Bonchev–Trinajstić information content (AvgIpc) is 3.05. The summed E-state index contributed by atoms with van der Waals surface area (Å²) in [6, 6.07) is 8.34. The molecule has 0 atom stereocenters. The second-order valence-corrected chi connectivity index (χ2v) is 4.15. The minimum atomic E-state index is 0.735. The van der Waals surface area contributed by atoms with Gasteiger partial charge in [-0.25, -0.2) is 0 Å². The Morgan fingerprint density at radius 1 is 1.27 bits per heavy atom. The van der Waals surface area contributed by atoms with Gasteiger partial charge in [-0.1, -0.05) is 12.1 Å². The molecule has 0 saturated heterocycles. The molecular weight excluding hydrogens is 186 g/mol. The number of hydrogen-bond donors (Lipinski definition) is 1. The van der Waals surface area contributed by atoms with E-state index in [4.69, 9.17) is 4.74 Å². The van der Waals surface area contributed by atoms with Gasteiger partial charge >= 0.3 is 0 Å². The van der Waals surface area contributed by atoms with Gasteiger partial charge in [0, 0.05) is 6.54 Å². The molecule has 1 aromatic carbocycles. The summed E-state index contributed by atoms with van der Waals surface area (Å²) in [4.78, 5) is 0. The Hall–Kier alpha value is -1.02. The van der Waals surface area contributed by atoms with Crippen molar-refractivity contribution in [2.45, 2.75) is 26.3 Å². The van der Waals surface area contributed by atoms with Gasteiger partial charge in [-0.3, -0.25) is 0 Å². The third kappa shape index (κ3) is 3.56. The lowest BCUT2D eigenvalue weighted by atomic mass is 10.2. The maximum atomic E-state index is 5.39. The van der Waals surface area contributed by atoms with Crippen LogP contribution in [0.2, 0.25) is 0 Å². The molecule has 1 N–H and O–H groups in total. The molecule has 1 aliphatic carbocycles. The zero-order valence-electron chi connectivity index (χ0n) is 9.33. The van der Waals surface area contributed by atoms with Crippen molar-refractivity contribution in [2.75, 3.05) is 13.2 Å². The minimum Gasteiger partial charge on any atom is -0.494 e. The Labute approximate surface area is 91.6 Å². The quantitative estimate of drug-likeness (QED) is 0.770. The molecule has 2 nitrogen and oxygen atoms in total. The van der Waals surface area contributed by atoms with Gasteiger partial charge in [0.05, 0.1) is 6.61 Å². The first-order valence-corrected chi connectivity index (χ1v) is 5.81. The first kappa shape index (κ1) is 10.5. The van der Waals surface area contributed by atoms with Crippen molar-refractivity contribution in [3.8, 4) is 5.75 Å². The normalized spacial score (nSPS) is 15.3. The zero-order chi connectivity index (χ0) is 10.5. The fraction of sp³-hybridized carbons (Fsp3) is 0.538. The van der Waals surface area contributed by atoms with E-state index in [1.165, 1.54) is 24.9 Å². The molecule has 1 aromatic rings. The van der Waals surface area contributed by atoms with Crippen molar-refractivity contribution in [2.24, 2.45) is 5.92 Å². The first-order valence-electron chi connectivity index (χ1n) is 5.81. The minimum absolute atomic E-state index is 0.735. The average molecular weight is 205 g/mol. The van der Waals surface area contributed by atoms with E-state index in [1.54, 1.807) is 0 Å². The molecule has 0 aliphatic heterocycles. The molecule has 15 heavy (non-hydrogen) atoms. The molecule has 82 valence electrons. The van der Waals surface area contributed by atoms with Crippen LogP contribution in [0.4, 0.5) is 0 Å². The third-order valence-corrected chi connectivity index (χ3v) is 2.69. The topological polar surface area (TPSA) is 21.3 Å². The number of rotatable bonds is 6. The van der Waals surface area contributed by atoms with E-state index >= 15 is 0 Å². The van der Waals surface area contributed by atoms with Crippen molar-refractivity contribution < 1.29 is 4.74 Å². The molecule has 0 heterocycles. The lowest BCUT2D eigenvalue weighted by molar-refractivity contribution is 0.340. The van der Waals surface area contributed by atoms with Gasteiger partial charge in [0.2, 0.25) is 0 Å². The van der Waals surface area contributed by atoms with E-state index in [1.807, 2.05) is 19.1 Å². The second-order valence-electron chi connectivity index (χ2n) is 4.15. The maximum Gasteiger partial charge on any atom is 0.119 e. The van der Waals surface area contributed by atoms with Crippen molar-refractivity contribution in [1.82, 2.24) is 5.32 Å². The van der Waals surface area contributed by atoms with Crippen LogP contribution in [-0.2, 0) is 6.54 Å². The maximum absolute atomic E-state index is 5.39. The molecule has 0 unspecified atom stereocenters. The van der Waals surface area contributed by atoms with Crippen LogP contribution >= 0.6 is 0 Å². The van der Waals surface area contributed by atoms with Gasteiger partial charge in [-0.15, -0.1) is 0 Å². The molecule has 0 bridgehead atoms. The lowest BCUT2D eigenvalue weighted by Crippen LogP contribution is -2.15. The molecular formula is C13H19NO. The predicted molar refractivity (Wildman–Crippen MR) is 62.0 cm³/mol. The van der Waals surface area contributed by atoms with Crippen molar-refractivity contribution in [3.63, 3.8) is 0 Å². The van der Waals surface area contributed by atoms with Gasteiger partial charge in [-0.2, -0.15) is 0 Å². The van der Waals surface area contributed by atoms with Gasteiger partial charge < -0.3 is 10.1 Å². The van der Waals surface area contributed by atoms with Crippen LogP contribution < -0.4 is 10.1 Å². The number of benzene rings is 1. The summed E-state index contributed by atoms with van der Waals surface area (Å²) in [5.74, 6) is 1.91. The zero-order valence-corrected chi connectivity index (χ0v) is 9.33. The predicted octanol–water partition coefficient (Wildman–Crippen LogP) is 2.58. The van der Waals surface area contributed by atoms with Crippen LogP contribution in [0.25, 0.3) is 0 Å². The summed E-state index contributed by atoms with van der Waals surface area (Å²) in [7, 11) is 0. The number of ether oxygens (including phenoxy) is 1. The van der Waals surface area contributed by atoms with Gasteiger partial charge in [0.25, 0.3) is 0 Å². The van der Waals surface area contributed by atoms with E-state index in [0.29, 0.717) is 0 Å². The highest BCUT2D eigenvalue weighted by Gasteiger charge is 2.19. The van der Waals surface area contributed by atoms with Crippen LogP contribution in [0.1, 0.15) is 25.3 Å². The monoisotopic (exact) mass is 205 g/mol. The van der Waals surface area contributed by atoms with Crippen molar-refractivity contribution >= 4 is 0 Å².